The lowest BCUT2D eigenvalue weighted by Gasteiger charge is -2.36. The van der Waals surface area contributed by atoms with E-state index in [4.69, 9.17) is 4.43 Å². The van der Waals surface area contributed by atoms with Crippen LogP contribution in [-0.4, -0.2) is 31.4 Å². The number of hydrogen-bond acceptors (Lipinski definition) is 3. The molecule has 20 heavy (non-hydrogen) atoms. The highest BCUT2D eigenvalue weighted by Crippen LogP contribution is 2.37. The zero-order valence-electron chi connectivity index (χ0n) is 13.6. The Morgan fingerprint density at radius 2 is 2.00 bits per heavy atom. The summed E-state index contributed by atoms with van der Waals surface area (Å²) in [5.74, 6) is -0.0974. The van der Waals surface area contributed by atoms with Gasteiger partial charge in [-0.25, -0.2) is 0 Å². The first-order chi connectivity index (χ1) is 9.03. The SMILES string of the molecule is CCCC1(O)C=CC(=O)/C1=C\CO[Si](C)(C)C(C)(C)C. The topological polar surface area (TPSA) is 46.5 Å². The first kappa shape index (κ1) is 17.3. The van der Waals surface area contributed by atoms with Gasteiger partial charge in [0.25, 0.3) is 0 Å². The summed E-state index contributed by atoms with van der Waals surface area (Å²) >= 11 is 0. The van der Waals surface area contributed by atoms with Crippen LogP contribution in [0.25, 0.3) is 0 Å². The molecule has 3 nitrogen and oxygen atoms in total. The molecule has 0 heterocycles. The summed E-state index contributed by atoms with van der Waals surface area (Å²) in [5, 5.41) is 10.6. The molecule has 4 heteroatoms. The van der Waals surface area contributed by atoms with Crippen LogP contribution in [0.1, 0.15) is 40.5 Å². The summed E-state index contributed by atoms with van der Waals surface area (Å²) in [6.45, 7) is 13.3. The van der Waals surface area contributed by atoms with E-state index in [-0.39, 0.29) is 10.8 Å². The summed E-state index contributed by atoms with van der Waals surface area (Å²) in [6.07, 6.45) is 6.24. The molecule has 0 saturated heterocycles. The second-order valence-corrected chi connectivity index (χ2v) is 11.9. The molecule has 1 atom stereocenters. The Kier molecular flexibility index (Phi) is 5.16. The van der Waals surface area contributed by atoms with E-state index in [1.807, 2.05) is 6.92 Å². The van der Waals surface area contributed by atoms with E-state index in [1.165, 1.54) is 6.08 Å². The standard InChI is InChI=1S/C16H28O3Si/c1-7-10-16(18)11-8-14(17)13(16)9-12-19-20(5,6)15(2,3)4/h8-9,11,18H,7,10,12H2,1-6H3/b13-9+. The summed E-state index contributed by atoms with van der Waals surface area (Å²) in [5.41, 5.74) is -0.624. The van der Waals surface area contributed by atoms with Crippen LogP contribution in [0.3, 0.4) is 0 Å². The molecule has 1 N–H and O–H groups in total. The minimum atomic E-state index is -1.82. The lowest BCUT2D eigenvalue weighted by Crippen LogP contribution is -2.41. The monoisotopic (exact) mass is 296 g/mol. The molecule has 0 radical (unpaired) electrons. The molecule has 0 bridgehead atoms. The van der Waals surface area contributed by atoms with Crippen molar-refractivity contribution in [2.24, 2.45) is 0 Å². The zero-order valence-corrected chi connectivity index (χ0v) is 14.6. The van der Waals surface area contributed by atoms with Crippen molar-refractivity contribution in [2.75, 3.05) is 6.61 Å². The molecule has 0 aromatic rings. The molecule has 0 spiro atoms. The first-order valence-electron chi connectivity index (χ1n) is 7.34. The van der Waals surface area contributed by atoms with Gasteiger partial charge >= 0.3 is 0 Å². The van der Waals surface area contributed by atoms with E-state index in [0.29, 0.717) is 18.6 Å². The maximum atomic E-state index is 11.9. The summed E-state index contributed by atoms with van der Waals surface area (Å²) in [6, 6.07) is 0. The highest BCUT2D eigenvalue weighted by molar-refractivity contribution is 6.74. The van der Waals surface area contributed by atoms with E-state index in [2.05, 4.69) is 33.9 Å². The molecular formula is C16H28O3Si. The molecule has 0 aliphatic heterocycles. The average Bonchev–Trinajstić information content (AvgIpc) is 2.56. The van der Waals surface area contributed by atoms with Crippen molar-refractivity contribution < 1.29 is 14.3 Å². The predicted octanol–water partition coefficient (Wildman–Crippen LogP) is 3.60. The second kappa shape index (κ2) is 5.96. The van der Waals surface area contributed by atoms with Crippen LogP contribution in [0.2, 0.25) is 18.1 Å². The Morgan fingerprint density at radius 3 is 2.50 bits per heavy atom. The highest BCUT2D eigenvalue weighted by atomic mass is 28.4. The van der Waals surface area contributed by atoms with E-state index in [9.17, 15) is 9.90 Å². The number of carbonyl (C=O) groups is 1. The Labute approximate surface area is 123 Å². The van der Waals surface area contributed by atoms with Gasteiger partial charge in [0.2, 0.25) is 0 Å². The van der Waals surface area contributed by atoms with Gasteiger partial charge in [0.05, 0.1) is 6.61 Å². The Morgan fingerprint density at radius 1 is 1.40 bits per heavy atom. The number of aliphatic hydroxyl groups is 1. The van der Waals surface area contributed by atoms with Crippen LogP contribution in [0.5, 0.6) is 0 Å². The molecule has 0 aromatic carbocycles. The average molecular weight is 296 g/mol. The normalized spacial score (nSPS) is 25.8. The number of allylic oxidation sites excluding steroid dienone is 1. The molecule has 114 valence electrons. The van der Waals surface area contributed by atoms with Gasteiger partial charge in [0.1, 0.15) is 5.60 Å². The van der Waals surface area contributed by atoms with Crippen LogP contribution >= 0.6 is 0 Å². The number of rotatable bonds is 5. The molecule has 1 aliphatic carbocycles. The third kappa shape index (κ3) is 3.68. The van der Waals surface area contributed by atoms with Gasteiger partial charge in [0, 0.05) is 5.57 Å². The summed E-state index contributed by atoms with van der Waals surface area (Å²) in [4.78, 5) is 11.9. The van der Waals surface area contributed by atoms with Crippen molar-refractivity contribution in [1.82, 2.24) is 0 Å². The zero-order chi connectivity index (χ0) is 15.6. The first-order valence-corrected chi connectivity index (χ1v) is 10.2. The largest absolute Gasteiger partial charge is 0.413 e. The van der Waals surface area contributed by atoms with Crippen molar-refractivity contribution in [3.05, 3.63) is 23.8 Å². The van der Waals surface area contributed by atoms with Gasteiger partial charge in [-0.3, -0.25) is 4.79 Å². The maximum Gasteiger partial charge on any atom is 0.192 e. The second-order valence-electron chi connectivity index (χ2n) is 7.06. The third-order valence-electron chi connectivity index (χ3n) is 4.41. The van der Waals surface area contributed by atoms with Crippen LogP contribution < -0.4 is 0 Å². The molecule has 0 aromatic heterocycles. The third-order valence-corrected chi connectivity index (χ3v) is 8.91. The fourth-order valence-electron chi connectivity index (χ4n) is 2.03. The van der Waals surface area contributed by atoms with Crippen LogP contribution in [0, 0.1) is 0 Å². The van der Waals surface area contributed by atoms with E-state index >= 15 is 0 Å². The molecule has 0 fully saturated rings. The van der Waals surface area contributed by atoms with Crippen molar-refractivity contribution in [2.45, 2.75) is 64.3 Å². The van der Waals surface area contributed by atoms with Crippen molar-refractivity contribution in [1.29, 1.82) is 0 Å². The number of hydrogen-bond donors (Lipinski definition) is 1. The van der Waals surface area contributed by atoms with Crippen molar-refractivity contribution >= 4 is 14.1 Å². The highest BCUT2D eigenvalue weighted by Gasteiger charge is 2.38. The molecule has 0 saturated carbocycles. The quantitative estimate of drug-likeness (QED) is 0.623. The van der Waals surface area contributed by atoms with Gasteiger partial charge in [-0.15, -0.1) is 0 Å². The minimum Gasteiger partial charge on any atom is -0.413 e. The Hall–Kier alpha value is -0.713. The summed E-state index contributed by atoms with van der Waals surface area (Å²) in [7, 11) is -1.82. The molecule has 0 amide bonds. The number of carbonyl (C=O) groups excluding carboxylic acids is 1. The van der Waals surface area contributed by atoms with Gasteiger partial charge in [0.15, 0.2) is 14.1 Å². The lowest BCUT2D eigenvalue weighted by molar-refractivity contribution is -0.112. The fraction of sp³-hybridized carbons (Fsp3) is 0.688. The Balaban J connectivity index is 2.78. The van der Waals surface area contributed by atoms with Gasteiger partial charge in [-0.1, -0.05) is 34.1 Å². The fourth-order valence-corrected chi connectivity index (χ4v) is 2.97. The molecule has 1 aliphatic rings. The number of ketones is 1. The minimum absolute atomic E-state index is 0.0974. The molecule has 1 rings (SSSR count). The predicted molar refractivity (Wildman–Crippen MR) is 85.2 cm³/mol. The van der Waals surface area contributed by atoms with Gasteiger partial charge < -0.3 is 9.53 Å². The van der Waals surface area contributed by atoms with Gasteiger partial charge in [-0.05, 0) is 42.8 Å². The summed E-state index contributed by atoms with van der Waals surface area (Å²) < 4.78 is 6.05. The van der Waals surface area contributed by atoms with Gasteiger partial charge in [-0.2, -0.15) is 0 Å². The molecule has 1 unspecified atom stereocenters. The van der Waals surface area contributed by atoms with E-state index < -0.39 is 13.9 Å². The van der Waals surface area contributed by atoms with Crippen LogP contribution in [-0.2, 0) is 9.22 Å². The maximum absolute atomic E-state index is 11.9. The lowest BCUT2D eigenvalue weighted by atomic mass is 9.91. The van der Waals surface area contributed by atoms with E-state index in [0.717, 1.165) is 6.42 Å². The molecular weight excluding hydrogens is 268 g/mol. The smallest absolute Gasteiger partial charge is 0.192 e. The van der Waals surface area contributed by atoms with Crippen LogP contribution in [0.15, 0.2) is 23.8 Å². The Bertz CT molecular complexity index is 429. The van der Waals surface area contributed by atoms with E-state index in [1.54, 1.807) is 12.2 Å². The van der Waals surface area contributed by atoms with Crippen LogP contribution in [0.4, 0.5) is 0 Å². The van der Waals surface area contributed by atoms with Crippen molar-refractivity contribution in [3.8, 4) is 0 Å². The van der Waals surface area contributed by atoms with Crippen molar-refractivity contribution in [3.63, 3.8) is 0 Å².